The number of hydrogen-bond acceptors (Lipinski definition) is 4. The highest BCUT2D eigenvalue weighted by Crippen LogP contribution is 2.09. The molecular weight excluding hydrogens is 311 g/mol. The number of halogens is 1. The van der Waals surface area contributed by atoms with Crippen molar-refractivity contribution in [3.05, 3.63) is 62.3 Å². The van der Waals surface area contributed by atoms with E-state index in [1.807, 2.05) is 0 Å². The van der Waals surface area contributed by atoms with Gasteiger partial charge in [0.1, 0.15) is 12.4 Å². The lowest BCUT2D eigenvalue weighted by atomic mass is 10.1. The molecule has 24 heavy (non-hydrogen) atoms. The minimum absolute atomic E-state index is 0.0297. The Bertz CT molecular complexity index is 858. The maximum absolute atomic E-state index is 13.7. The summed E-state index contributed by atoms with van der Waals surface area (Å²) in [7, 11) is 0. The van der Waals surface area contributed by atoms with Crippen molar-refractivity contribution in [3.63, 3.8) is 0 Å². The van der Waals surface area contributed by atoms with Crippen molar-refractivity contribution >= 4 is 12.1 Å². The molecule has 0 spiro atoms. The molecule has 6 nitrogen and oxygen atoms in total. The van der Waals surface area contributed by atoms with E-state index in [0.29, 0.717) is 16.8 Å². The van der Waals surface area contributed by atoms with Crippen molar-refractivity contribution in [3.8, 4) is 0 Å². The van der Waals surface area contributed by atoms with E-state index in [1.165, 1.54) is 6.07 Å². The van der Waals surface area contributed by atoms with Gasteiger partial charge in [0.15, 0.2) is 0 Å². The van der Waals surface area contributed by atoms with Crippen LogP contribution < -0.4 is 10.9 Å². The van der Waals surface area contributed by atoms with Crippen LogP contribution in [-0.4, -0.2) is 21.9 Å². The molecule has 2 aromatic rings. The number of aryl methyl sites for hydroxylation is 2. The summed E-state index contributed by atoms with van der Waals surface area (Å²) in [6.07, 6.45) is 0.961. The zero-order valence-electron chi connectivity index (χ0n) is 13.8. The van der Waals surface area contributed by atoms with Crippen LogP contribution in [0.2, 0.25) is 0 Å². The SMILES string of the molecule is Cc1ccc(CNC(=O)Cn2nc(C)c(C)c(C=N)c2=O)c(F)c1. The van der Waals surface area contributed by atoms with Gasteiger partial charge in [-0.3, -0.25) is 9.59 Å². The normalized spacial score (nSPS) is 10.5. The monoisotopic (exact) mass is 330 g/mol. The third-order valence-corrected chi connectivity index (χ3v) is 3.80. The maximum atomic E-state index is 13.7. The third-order valence-electron chi connectivity index (χ3n) is 3.80. The standard InChI is InChI=1S/C17H19FN4O2/c1-10-4-5-13(15(18)6-10)8-20-16(23)9-22-17(24)14(7-19)11(2)12(3)21-22/h4-7,19H,8-9H2,1-3H3,(H,20,23). The Morgan fingerprint density at radius 3 is 2.71 bits per heavy atom. The van der Waals surface area contributed by atoms with Crippen molar-refractivity contribution in [2.45, 2.75) is 33.9 Å². The molecule has 0 saturated heterocycles. The number of nitrogens with one attached hydrogen (secondary N) is 2. The predicted molar refractivity (Wildman–Crippen MR) is 88.8 cm³/mol. The Hall–Kier alpha value is -2.83. The second kappa shape index (κ2) is 7.16. The fourth-order valence-corrected chi connectivity index (χ4v) is 2.25. The van der Waals surface area contributed by atoms with E-state index in [9.17, 15) is 14.0 Å². The van der Waals surface area contributed by atoms with Crippen molar-refractivity contribution < 1.29 is 9.18 Å². The molecule has 0 aliphatic carbocycles. The average molecular weight is 330 g/mol. The van der Waals surface area contributed by atoms with Crippen LogP contribution >= 0.6 is 0 Å². The van der Waals surface area contributed by atoms with Crippen LogP contribution in [-0.2, 0) is 17.9 Å². The number of aromatic nitrogens is 2. The molecule has 1 amide bonds. The highest BCUT2D eigenvalue weighted by Gasteiger charge is 2.13. The fraction of sp³-hybridized carbons (Fsp3) is 0.294. The molecule has 0 unspecified atom stereocenters. The molecular formula is C17H19FN4O2. The summed E-state index contributed by atoms with van der Waals surface area (Å²) in [5.41, 5.74) is 2.07. The largest absolute Gasteiger partial charge is 0.350 e. The quantitative estimate of drug-likeness (QED) is 0.817. The molecule has 0 atom stereocenters. The lowest BCUT2D eigenvalue weighted by Crippen LogP contribution is -2.35. The summed E-state index contributed by atoms with van der Waals surface area (Å²) in [5, 5.41) is 14.0. The first kappa shape index (κ1) is 17.5. The smallest absolute Gasteiger partial charge is 0.276 e. The van der Waals surface area contributed by atoms with E-state index in [0.717, 1.165) is 16.5 Å². The second-order valence-electron chi connectivity index (χ2n) is 5.60. The van der Waals surface area contributed by atoms with E-state index in [1.54, 1.807) is 32.9 Å². The highest BCUT2D eigenvalue weighted by molar-refractivity contribution is 5.79. The summed E-state index contributed by atoms with van der Waals surface area (Å²) < 4.78 is 14.8. The molecule has 2 rings (SSSR count). The van der Waals surface area contributed by atoms with Gasteiger partial charge in [0.25, 0.3) is 5.56 Å². The molecule has 126 valence electrons. The van der Waals surface area contributed by atoms with Crippen LogP contribution in [0.3, 0.4) is 0 Å². The first-order chi connectivity index (χ1) is 11.3. The van der Waals surface area contributed by atoms with Crippen LogP contribution in [0.5, 0.6) is 0 Å². The van der Waals surface area contributed by atoms with Crippen molar-refractivity contribution in [2.24, 2.45) is 0 Å². The van der Waals surface area contributed by atoms with E-state index in [-0.39, 0.29) is 24.5 Å². The zero-order valence-corrected chi connectivity index (χ0v) is 13.8. The Kier molecular flexibility index (Phi) is 5.23. The Morgan fingerprint density at radius 1 is 1.38 bits per heavy atom. The van der Waals surface area contributed by atoms with Crippen molar-refractivity contribution in [2.75, 3.05) is 0 Å². The molecule has 0 bridgehead atoms. The lowest BCUT2D eigenvalue weighted by Gasteiger charge is -2.11. The van der Waals surface area contributed by atoms with Crippen molar-refractivity contribution in [1.82, 2.24) is 15.1 Å². The molecule has 0 aliphatic heterocycles. The first-order valence-corrected chi connectivity index (χ1v) is 7.44. The summed E-state index contributed by atoms with van der Waals surface area (Å²) in [6, 6.07) is 4.77. The molecule has 1 aromatic heterocycles. The minimum Gasteiger partial charge on any atom is -0.350 e. The van der Waals surface area contributed by atoms with Crippen LogP contribution in [0.15, 0.2) is 23.0 Å². The molecule has 1 aromatic carbocycles. The molecule has 0 radical (unpaired) electrons. The predicted octanol–water partition coefficient (Wildman–Crippen LogP) is 1.62. The van der Waals surface area contributed by atoms with Gasteiger partial charge in [0.05, 0.1) is 11.3 Å². The van der Waals surface area contributed by atoms with Gasteiger partial charge in [-0.1, -0.05) is 12.1 Å². The van der Waals surface area contributed by atoms with Gasteiger partial charge < -0.3 is 10.7 Å². The van der Waals surface area contributed by atoms with Crippen LogP contribution in [0.4, 0.5) is 4.39 Å². The number of benzene rings is 1. The van der Waals surface area contributed by atoms with Crippen molar-refractivity contribution in [1.29, 1.82) is 5.41 Å². The number of hydrogen-bond donors (Lipinski definition) is 2. The van der Waals surface area contributed by atoms with Gasteiger partial charge in [-0.05, 0) is 38.0 Å². The topological polar surface area (TPSA) is 87.8 Å². The molecule has 0 aliphatic rings. The Morgan fingerprint density at radius 2 is 2.08 bits per heavy atom. The molecule has 7 heteroatoms. The van der Waals surface area contributed by atoms with Gasteiger partial charge in [0, 0.05) is 18.3 Å². The Labute approximate surface area is 138 Å². The van der Waals surface area contributed by atoms with Crippen LogP contribution in [0.1, 0.15) is 27.9 Å². The van der Waals surface area contributed by atoms with Gasteiger partial charge in [-0.25, -0.2) is 9.07 Å². The zero-order chi connectivity index (χ0) is 17.9. The average Bonchev–Trinajstić information content (AvgIpc) is 2.52. The summed E-state index contributed by atoms with van der Waals surface area (Å²) in [5.74, 6) is -0.841. The van der Waals surface area contributed by atoms with Crippen LogP contribution in [0, 0.1) is 32.0 Å². The molecule has 1 heterocycles. The highest BCUT2D eigenvalue weighted by atomic mass is 19.1. The molecule has 0 fully saturated rings. The maximum Gasteiger partial charge on any atom is 0.276 e. The summed E-state index contributed by atoms with van der Waals surface area (Å²) >= 11 is 0. The number of nitrogens with zero attached hydrogens (tertiary/aromatic N) is 2. The van der Waals surface area contributed by atoms with Gasteiger partial charge in [-0.15, -0.1) is 0 Å². The van der Waals surface area contributed by atoms with E-state index in [4.69, 9.17) is 5.41 Å². The van der Waals surface area contributed by atoms with Crippen LogP contribution in [0.25, 0.3) is 0 Å². The lowest BCUT2D eigenvalue weighted by molar-refractivity contribution is -0.122. The van der Waals surface area contributed by atoms with Gasteiger partial charge >= 0.3 is 0 Å². The third kappa shape index (κ3) is 3.73. The van der Waals surface area contributed by atoms with Gasteiger partial charge in [-0.2, -0.15) is 5.10 Å². The minimum atomic E-state index is -0.496. The fourth-order valence-electron chi connectivity index (χ4n) is 2.25. The number of carbonyl (C=O) groups excluding carboxylic acids is 1. The summed E-state index contributed by atoms with van der Waals surface area (Å²) in [4.78, 5) is 24.2. The van der Waals surface area contributed by atoms with Gasteiger partial charge in [0.2, 0.25) is 5.91 Å². The number of amides is 1. The first-order valence-electron chi connectivity index (χ1n) is 7.44. The molecule has 0 saturated carbocycles. The van der Waals surface area contributed by atoms with E-state index in [2.05, 4.69) is 10.4 Å². The Balaban J connectivity index is 2.12. The van der Waals surface area contributed by atoms with E-state index < -0.39 is 11.5 Å². The number of carbonyl (C=O) groups is 1. The summed E-state index contributed by atoms with van der Waals surface area (Å²) in [6.45, 7) is 4.94. The molecule has 2 N–H and O–H groups in total. The second-order valence-corrected chi connectivity index (χ2v) is 5.60. The van der Waals surface area contributed by atoms with E-state index >= 15 is 0 Å². The number of rotatable bonds is 5.